The Morgan fingerprint density at radius 3 is 2.50 bits per heavy atom. The van der Waals surface area contributed by atoms with Gasteiger partial charge in [0, 0.05) is 18.7 Å². The molecular weight excluding hydrogens is 440 g/mol. The van der Waals surface area contributed by atoms with E-state index in [0.717, 1.165) is 6.42 Å². The molecule has 178 valence electrons. The van der Waals surface area contributed by atoms with Crippen molar-refractivity contribution < 1.29 is 19.2 Å². The van der Waals surface area contributed by atoms with Crippen molar-refractivity contribution >= 4 is 22.7 Å². The smallest absolute Gasteiger partial charge is 0.410 e. The number of aromatic nitrogens is 2. The van der Waals surface area contributed by atoms with Gasteiger partial charge in [-0.3, -0.25) is 24.4 Å². The second-order valence-corrected chi connectivity index (χ2v) is 9.10. The van der Waals surface area contributed by atoms with Crippen molar-refractivity contribution in [2.24, 2.45) is 0 Å². The summed E-state index contributed by atoms with van der Waals surface area (Å²) in [7, 11) is 1.54. The molecule has 10 heteroatoms. The number of ether oxygens (including phenoxy) is 2. The Morgan fingerprint density at radius 1 is 1.18 bits per heavy atom. The van der Waals surface area contributed by atoms with Gasteiger partial charge >= 0.3 is 6.09 Å². The fourth-order valence-electron chi connectivity index (χ4n) is 4.08. The highest BCUT2D eigenvalue weighted by molar-refractivity contribution is 5.81. The molecule has 1 fully saturated rings. The Hall–Kier alpha value is -3.95. The summed E-state index contributed by atoms with van der Waals surface area (Å²) in [6.07, 6.45) is 0.843. The minimum atomic E-state index is -0.671. The summed E-state index contributed by atoms with van der Waals surface area (Å²) in [5, 5.41) is 11.4. The SMILES string of the molecule is COc1ccc(-n2c(C3CCCN3C(=O)OC(C)(C)C)nc3ccc([N+](=O)[O-])cc3c2=O)cc1. The van der Waals surface area contributed by atoms with Gasteiger partial charge < -0.3 is 9.47 Å². The number of rotatable bonds is 4. The fourth-order valence-corrected chi connectivity index (χ4v) is 4.08. The van der Waals surface area contributed by atoms with Crippen LogP contribution in [0.3, 0.4) is 0 Å². The Labute approximate surface area is 195 Å². The van der Waals surface area contributed by atoms with E-state index in [2.05, 4.69) is 0 Å². The van der Waals surface area contributed by atoms with Gasteiger partial charge in [0.05, 0.1) is 34.7 Å². The number of non-ortho nitro benzene ring substituents is 1. The number of hydrogen-bond acceptors (Lipinski definition) is 7. The number of methoxy groups -OCH3 is 1. The third kappa shape index (κ3) is 4.43. The summed E-state index contributed by atoms with van der Waals surface area (Å²) in [5.74, 6) is 0.985. The molecule has 0 radical (unpaired) electrons. The first kappa shape index (κ1) is 23.2. The number of amides is 1. The lowest BCUT2D eigenvalue weighted by molar-refractivity contribution is -0.384. The van der Waals surface area contributed by atoms with Crippen LogP contribution in [0.2, 0.25) is 0 Å². The summed E-state index contributed by atoms with van der Waals surface area (Å²) < 4.78 is 12.2. The van der Waals surface area contributed by atoms with Gasteiger partial charge in [0.1, 0.15) is 17.2 Å². The van der Waals surface area contributed by atoms with Gasteiger partial charge in [-0.05, 0) is 63.9 Å². The molecule has 1 aromatic heterocycles. The van der Waals surface area contributed by atoms with Gasteiger partial charge in [0.2, 0.25) is 0 Å². The van der Waals surface area contributed by atoms with Crippen LogP contribution in [-0.2, 0) is 4.74 Å². The molecule has 1 unspecified atom stereocenters. The zero-order chi connectivity index (χ0) is 24.6. The maximum atomic E-state index is 13.7. The molecule has 1 atom stereocenters. The quantitative estimate of drug-likeness (QED) is 0.414. The van der Waals surface area contributed by atoms with Gasteiger partial charge in [0.15, 0.2) is 0 Å². The zero-order valence-electron chi connectivity index (χ0n) is 19.5. The van der Waals surface area contributed by atoms with E-state index in [1.807, 2.05) is 0 Å². The number of fused-ring (bicyclic) bond motifs is 1. The van der Waals surface area contributed by atoms with Crippen LogP contribution in [0.25, 0.3) is 16.6 Å². The number of likely N-dealkylation sites (tertiary alicyclic amines) is 1. The molecule has 3 aromatic rings. The van der Waals surface area contributed by atoms with Gasteiger partial charge in [-0.1, -0.05) is 0 Å². The lowest BCUT2D eigenvalue weighted by atomic mass is 10.1. The molecular formula is C24H26N4O6. The van der Waals surface area contributed by atoms with Crippen molar-refractivity contribution in [1.82, 2.24) is 14.5 Å². The predicted octanol–water partition coefficient (Wildman–Crippen LogP) is 4.37. The summed E-state index contributed by atoms with van der Waals surface area (Å²) in [4.78, 5) is 43.7. The van der Waals surface area contributed by atoms with Crippen molar-refractivity contribution in [2.45, 2.75) is 45.3 Å². The normalized spacial score (nSPS) is 16.0. The van der Waals surface area contributed by atoms with Crippen molar-refractivity contribution in [3.63, 3.8) is 0 Å². The molecule has 2 heterocycles. The van der Waals surface area contributed by atoms with Crippen LogP contribution in [0.15, 0.2) is 47.3 Å². The van der Waals surface area contributed by atoms with Crippen LogP contribution in [0.4, 0.5) is 10.5 Å². The third-order valence-corrected chi connectivity index (χ3v) is 5.60. The zero-order valence-corrected chi connectivity index (χ0v) is 19.5. The van der Waals surface area contributed by atoms with Crippen molar-refractivity contribution in [2.75, 3.05) is 13.7 Å². The highest BCUT2D eigenvalue weighted by atomic mass is 16.6. The number of nitro groups is 1. The molecule has 2 aromatic carbocycles. The molecule has 1 aliphatic heterocycles. The van der Waals surface area contributed by atoms with Gasteiger partial charge in [0.25, 0.3) is 11.2 Å². The van der Waals surface area contributed by atoms with Gasteiger partial charge in [-0.2, -0.15) is 0 Å². The van der Waals surface area contributed by atoms with Crippen LogP contribution >= 0.6 is 0 Å². The number of carbonyl (C=O) groups excluding carboxylic acids is 1. The van der Waals surface area contributed by atoms with E-state index in [1.54, 1.807) is 57.0 Å². The number of benzene rings is 2. The van der Waals surface area contributed by atoms with Crippen molar-refractivity contribution in [1.29, 1.82) is 0 Å². The monoisotopic (exact) mass is 466 g/mol. The molecule has 10 nitrogen and oxygen atoms in total. The van der Waals surface area contributed by atoms with Gasteiger partial charge in [-0.25, -0.2) is 9.78 Å². The molecule has 1 saturated heterocycles. The molecule has 0 bridgehead atoms. The second-order valence-electron chi connectivity index (χ2n) is 9.10. The molecule has 0 aliphatic carbocycles. The second kappa shape index (κ2) is 8.77. The Bertz CT molecular complexity index is 1310. The molecule has 0 spiro atoms. The largest absolute Gasteiger partial charge is 0.497 e. The Balaban J connectivity index is 1.92. The highest BCUT2D eigenvalue weighted by Crippen LogP contribution is 2.34. The predicted molar refractivity (Wildman–Crippen MR) is 125 cm³/mol. The average molecular weight is 466 g/mol. The van der Waals surface area contributed by atoms with Crippen molar-refractivity contribution in [3.8, 4) is 11.4 Å². The summed E-state index contributed by atoms with van der Waals surface area (Å²) in [6.45, 7) is 5.86. The summed E-state index contributed by atoms with van der Waals surface area (Å²) in [5.41, 5.74) is -0.485. The number of nitrogens with zero attached hydrogens (tertiary/aromatic N) is 4. The van der Waals surface area contributed by atoms with Crippen LogP contribution in [0.1, 0.15) is 45.5 Å². The fraction of sp³-hybridized carbons (Fsp3) is 0.375. The minimum Gasteiger partial charge on any atom is -0.497 e. The Morgan fingerprint density at radius 2 is 1.88 bits per heavy atom. The molecule has 0 saturated carbocycles. The standard InChI is InChI=1S/C24H26N4O6/c1-24(2,3)34-23(30)26-13-5-6-20(26)21-25-19-12-9-16(28(31)32)14-18(19)22(29)27(21)15-7-10-17(33-4)11-8-15/h7-12,14,20H,5-6,13H2,1-4H3. The van der Waals surface area contributed by atoms with Crippen LogP contribution in [0.5, 0.6) is 5.75 Å². The summed E-state index contributed by atoms with van der Waals surface area (Å²) in [6, 6.07) is 10.4. The van der Waals surface area contributed by atoms with Crippen molar-refractivity contribution in [3.05, 3.63) is 68.8 Å². The lowest BCUT2D eigenvalue weighted by Gasteiger charge is -2.29. The maximum absolute atomic E-state index is 13.7. The van der Waals surface area contributed by atoms with E-state index in [9.17, 15) is 19.7 Å². The first-order chi connectivity index (χ1) is 16.1. The van der Waals surface area contributed by atoms with Crippen LogP contribution in [0, 0.1) is 10.1 Å². The average Bonchev–Trinajstić information content (AvgIpc) is 3.28. The first-order valence-electron chi connectivity index (χ1n) is 10.9. The van der Waals surface area contributed by atoms with E-state index < -0.39 is 28.2 Å². The van der Waals surface area contributed by atoms with E-state index in [1.165, 1.54) is 22.8 Å². The third-order valence-electron chi connectivity index (χ3n) is 5.60. The molecule has 1 amide bonds. The van der Waals surface area contributed by atoms with Gasteiger partial charge in [-0.15, -0.1) is 0 Å². The van der Waals surface area contributed by atoms with Crippen LogP contribution < -0.4 is 10.3 Å². The van der Waals surface area contributed by atoms with E-state index in [0.29, 0.717) is 35.7 Å². The number of carbonyl (C=O) groups is 1. The number of hydrogen-bond donors (Lipinski definition) is 0. The molecule has 1 aliphatic rings. The number of nitro benzene ring substituents is 1. The van der Waals surface area contributed by atoms with E-state index in [-0.39, 0.29) is 11.1 Å². The van der Waals surface area contributed by atoms with E-state index in [4.69, 9.17) is 14.5 Å². The maximum Gasteiger partial charge on any atom is 0.410 e. The molecule has 0 N–H and O–H groups in total. The Kier molecular flexibility index (Phi) is 5.99. The van der Waals surface area contributed by atoms with E-state index >= 15 is 0 Å². The first-order valence-corrected chi connectivity index (χ1v) is 10.9. The minimum absolute atomic E-state index is 0.121. The highest BCUT2D eigenvalue weighted by Gasteiger charge is 2.36. The molecule has 4 rings (SSSR count). The lowest BCUT2D eigenvalue weighted by Crippen LogP contribution is -2.38. The van der Waals surface area contributed by atoms with Crippen LogP contribution in [-0.4, -0.2) is 44.7 Å². The molecule has 34 heavy (non-hydrogen) atoms. The topological polar surface area (TPSA) is 117 Å². The summed E-state index contributed by atoms with van der Waals surface area (Å²) >= 11 is 0.